The van der Waals surface area contributed by atoms with Gasteiger partial charge < -0.3 is 19.8 Å². The number of para-hydroxylation sites is 1. The molecule has 0 bridgehead atoms. The van der Waals surface area contributed by atoms with Crippen molar-refractivity contribution in [3.05, 3.63) is 77.1 Å². The number of methoxy groups -OCH3 is 1. The van der Waals surface area contributed by atoms with E-state index < -0.39 is 11.6 Å². The molecule has 8 nitrogen and oxygen atoms in total. The number of rotatable bonds is 6. The largest absolute Gasteiger partial charge is 0.457 e. The van der Waals surface area contributed by atoms with Gasteiger partial charge in [-0.3, -0.25) is 9.63 Å². The third-order valence-corrected chi connectivity index (χ3v) is 6.94. The van der Waals surface area contributed by atoms with E-state index in [2.05, 4.69) is 15.3 Å². The Morgan fingerprint density at radius 1 is 1.17 bits per heavy atom. The number of carbonyl (C=O) groups is 1. The smallest absolute Gasteiger partial charge is 0.252 e. The predicted molar refractivity (Wildman–Crippen MR) is 133 cm³/mol. The van der Waals surface area contributed by atoms with Crippen molar-refractivity contribution in [2.75, 3.05) is 24.1 Å². The standard InChI is InChI=1S/C26H23ClN4O4/c1-26(10-11-33-2)25(32)30-20-14-29-24-21-18(13-28-24)23(35-31(26)22(20)21)17-9-8-16(12-19(17)27)34-15-6-4-3-5-7-15/h3-9,12-14,23H,10-11H2,1-2H3,(H,28,29)(H,30,32)/t23?,26-/m0/s1. The van der Waals surface area contributed by atoms with Crippen LogP contribution in [-0.2, 0) is 14.4 Å². The molecule has 0 aliphatic carbocycles. The maximum absolute atomic E-state index is 13.2. The molecule has 2 aromatic carbocycles. The average molecular weight is 491 g/mol. The van der Waals surface area contributed by atoms with Gasteiger partial charge in [0.2, 0.25) is 0 Å². The van der Waals surface area contributed by atoms with E-state index in [9.17, 15) is 4.79 Å². The molecular weight excluding hydrogens is 468 g/mol. The number of benzene rings is 2. The van der Waals surface area contributed by atoms with E-state index in [1.807, 2.05) is 55.6 Å². The molecule has 0 saturated heterocycles. The molecule has 0 spiro atoms. The first kappa shape index (κ1) is 21.9. The minimum absolute atomic E-state index is 0.182. The summed E-state index contributed by atoms with van der Waals surface area (Å²) in [6.07, 6.45) is 3.40. The molecule has 1 amide bonds. The van der Waals surface area contributed by atoms with Crippen molar-refractivity contribution in [1.29, 1.82) is 0 Å². The molecule has 9 heteroatoms. The minimum Gasteiger partial charge on any atom is -0.457 e. The van der Waals surface area contributed by atoms with Gasteiger partial charge >= 0.3 is 0 Å². The third-order valence-electron chi connectivity index (χ3n) is 6.61. The fourth-order valence-electron chi connectivity index (χ4n) is 4.69. The molecule has 4 aromatic rings. The number of amides is 1. The van der Waals surface area contributed by atoms with Crippen LogP contribution >= 0.6 is 11.6 Å². The number of aromatic nitrogens is 2. The summed E-state index contributed by atoms with van der Waals surface area (Å²) in [5, 5.41) is 6.09. The van der Waals surface area contributed by atoms with Crippen LogP contribution in [0.2, 0.25) is 5.02 Å². The zero-order chi connectivity index (χ0) is 24.2. The Kier molecular flexibility index (Phi) is 5.17. The lowest BCUT2D eigenvalue weighted by atomic mass is 9.90. The van der Waals surface area contributed by atoms with Gasteiger partial charge in [0.05, 0.1) is 22.3 Å². The highest BCUT2D eigenvalue weighted by Crippen LogP contribution is 2.52. The van der Waals surface area contributed by atoms with Crippen LogP contribution in [0.4, 0.5) is 11.4 Å². The van der Waals surface area contributed by atoms with Crippen LogP contribution in [0, 0.1) is 0 Å². The summed E-state index contributed by atoms with van der Waals surface area (Å²) < 4.78 is 11.2. The van der Waals surface area contributed by atoms with Crippen LogP contribution in [0.1, 0.15) is 30.6 Å². The monoisotopic (exact) mass is 490 g/mol. The number of hydrogen-bond acceptors (Lipinski definition) is 6. The molecule has 35 heavy (non-hydrogen) atoms. The molecule has 2 N–H and O–H groups in total. The number of nitrogens with zero attached hydrogens (tertiary/aromatic N) is 2. The van der Waals surface area contributed by atoms with Crippen LogP contribution in [0.15, 0.2) is 60.9 Å². The number of anilines is 2. The Bertz CT molecular complexity index is 1440. The number of hydroxylamine groups is 1. The Labute approximate surface area is 206 Å². The van der Waals surface area contributed by atoms with Gasteiger partial charge in [0, 0.05) is 37.5 Å². The normalized spacial score (nSPS) is 20.7. The number of hydrogen-bond donors (Lipinski definition) is 2. The first-order valence-corrected chi connectivity index (χ1v) is 11.7. The first-order chi connectivity index (χ1) is 17.0. The lowest BCUT2D eigenvalue weighted by molar-refractivity contribution is -0.126. The Morgan fingerprint density at radius 2 is 2.00 bits per heavy atom. The van der Waals surface area contributed by atoms with Gasteiger partial charge in [-0.2, -0.15) is 0 Å². The van der Waals surface area contributed by atoms with Crippen molar-refractivity contribution in [3.8, 4) is 11.5 Å². The zero-order valence-corrected chi connectivity index (χ0v) is 19.9. The van der Waals surface area contributed by atoms with Gasteiger partial charge in [-0.1, -0.05) is 35.9 Å². The van der Waals surface area contributed by atoms with Gasteiger partial charge in [0.15, 0.2) is 0 Å². The van der Waals surface area contributed by atoms with Crippen LogP contribution in [-0.4, -0.2) is 35.1 Å². The first-order valence-electron chi connectivity index (χ1n) is 11.3. The maximum Gasteiger partial charge on any atom is 0.252 e. The van der Waals surface area contributed by atoms with Gasteiger partial charge in [-0.25, -0.2) is 10.0 Å². The fourth-order valence-corrected chi connectivity index (χ4v) is 4.96. The summed E-state index contributed by atoms with van der Waals surface area (Å²) in [6.45, 7) is 2.24. The topological polar surface area (TPSA) is 88.7 Å². The molecule has 0 fully saturated rings. The van der Waals surface area contributed by atoms with E-state index in [0.717, 1.165) is 28.0 Å². The lowest BCUT2D eigenvalue weighted by Crippen LogP contribution is -2.59. The number of aromatic amines is 1. The molecule has 0 saturated carbocycles. The highest BCUT2D eigenvalue weighted by atomic mass is 35.5. The predicted octanol–water partition coefficient (Wildman–Crippen LogP) is 5.60. The fraction of sp³-hybridized carbons (Fsp3) is 0.231. The van der Waals surface area contributed by atoms with E-state index in [1.54, 1.807) is 24.4 Å². The van der Waals surface area contributed by atoms with Crippen LogP contribution in [0.3, 0.4) is 0 Å². The summed E-state index contributed by atoms with van der Waals surface area (Å²) in [5.74, 6) is 1.16. The second kappa shape index (κ2) is 8.27. The zero-order valence-electron chi connectivity index (χ0n) is 19.2. The Morgan fingerprint density at radius 3 is 2.77 bits per heavy atom. The van der Waals surface area contributed by atoms with E-state index in [-0.39, 0.29) is 5.91 Å². The van der Waals surface area contributed by atoms with Crippen molar-refractivity contribution < 1.29 is 19.1 Å². The van der Waals surface area contributed by atoms with Gasteiger partial charge in [0.1, 0.15) is 34.5 Å². The summed E-state index contributed by atoms with van der Waals surface area (Å²) in [4.78, 5) is 27.6. The Balaban J connectivity index is 1.44. The number of ether oxygens (including phenoxy) is 2. The van der Waals surface area contributed by atoms with E-state index >= 15 is 0 Å². The lowest BCUT2D eigenvalue weighted by Gasteiger charge is -2.47. The second-order valence-electron chi connectivity index (χ2n) is 8.84. The Hall–Kier alpha value is -3.59. The molecule has 4 heterocycles. The van der Waals surface area contributed by atoms with Crippen molar-refractivity contribution in [3.63, 3.8) is 0 Å². The molecule has 2 aromatic heterocycles. The molecule has 2 aliphatic rings. The molecule has 1 unspecified atom stereocenters. The summed E-state index contributed by atoms with van der Waals surface area (Å²) in [5.41, 5.74) is 2.75. The average Bonchev–Trinajstić information content (AvgIpc) is 3.30. The summed E-state index contributed by atoms with van der Waals surface area (Å²) in [6, 6.07) is 15.0. The van der Waals surface area contributed by atoms with Gasteiger partial charge in [-0.15, -0.1) is 0 Å². The van der Waals surface area contributed by atoms with Crippen molar-refractivity contribution in [2.24, 2.45) is 0 Å². The quantitative estimate of drug-likeness (QED) is 0.366. The number of H-pyrrole nitrogens is 1. The van der Waals surface area contributed by atoms with Crippen LogP contribution in [0.25, 0.3) is 11.0 Å². The summed E-state index contributed by atoms with van der Waals surface area (Å²) >= 11 is 6.77. The number of halogens is 1. The van der Waals surface area contributed by atoms with Crippen molar-refractivity contribution >= 4 is 39.9 Å². The molecule has 6 rings (SSSR count). The maximum atomic E-state index is 13.2. The number of pyridine rings is 1. The molecule has 2 aliphatic heterocycles. The van der Waals surface area contributed by atoms with E-state index in [1.165, 1.54) is 0 Å². The van der Waals surface area contributed by atoms with Crippen molar-refractivity contribution in [2.45, 2.75) is 25.0 Å². The summed E-state index contributed by atoms with van der Waals surface area (Å²) in [7, 11) is 1.61. The van der Waals surface area contributed by atoms with Gasteiger partial charge in [0.25, 0.3) is 5.91 Å². The second-order valence-corrected chi connectivity index (χ2v) is 9.24. The number of nitrogens with one attached hydrogen (secondary N) is 2. The van der Waals surface area contributed by atoms with E-state index in [0.29, 0.717) is 35.1 Å². The van der Waals surface area contributed by atoms with Crippen LogP contribution in [0.5, 0.6) is 11.5 Å². The third kappa shape index (κ3) is 3.44. The van der Waals surface area contributed by atoms with E-state index in [4.69, 9.17) is 25.9 Å². The SMILES string of the molecule is COCC[C@@]1(C)C(=O)Nc2cnc3[nH]cc4c3c2N1OC4c1ccc(Oc2ccccc2)cc1Cl. The minimum atomic E-state index is -0.993. The van der Waals surface area contributed by atoms with Crippen molar-refractivity contribution in [1.82, 2.24) is 9.97 Å². The van der Waals surface area contributed by atoms with Crippen LogP contribution < -0.4 is 15.1 Å². The molecule has 178 valence electrons. The highest BCUT2D eigenvalue weighted by molar-refractivity contribution is 6.31. The molecule has 0 radical (unpaired) electrons. The highest BCUT2D eigenvalue weighted by Gasteiger charge is 2.50. The number of carbonyl (C=O) groups excluding carboxylic acids is 1. The molecule has 2 atom stereocenters. The van der Waals surface area contributed by atoms with Gasteiger partial charge in [-0.05, 0) is 31.2 Å². The molecular formula is C26H23ClN4O4.